The molecule has 0 atom stereocenters. The van der Waals surface area contributed by atoms with Crippen molar-refractivity contribution in [3.8, 4) is 0 Å². The van der Waals surface area contributed by atoms with E-state index in [0.29, 0.717) is 18.0 Å². The van der Waals surface area contributed by atoms with Crippen molar-refractivity contribution in [2.45, 2.75) is 19.9 Å². The lowest BCUT2D eigenvalue weighted by Gasteiger charge is -2.18. The van der Waals surface area contributed by atoms with Crippen LogP contribution in [0.5, 0.6) is 0 Å². The molecule has 0 fully saturated rings. The second kappa shape index (κ2) is 5.69. The van der Waals surface area contributed by atoms with Crippen LogP contribution in [0.15, 0.2) is 29.7 Å². The summed E-state index contributed by atoms with van der Waals surface area (Å²) in [5.74, 6) is 1.50. The monoisotopic (exact) mass is 338 g/mol. The molecular weight excluding hydrogens is 320 g/mol. The van der Waals surface area contributed by atoms with Gasteiger partial charge in [-0.1, -0.05) is 6.92 Å². The summed E-state index contributed by atoms with van der Waals surface area (Å²) < 4.78 is 3.20. The number of aryl methyl sites for hydroxylation is 2. The number of hydrogen-bond acceptors (Lipinski definition) is 6. The number of nitrogens with zero attached hydrogens (tertiary/aromatic N) is 7. The van der Waals surface area contributed by atoms with Crippen LogP contribution >= 0.6 is 0 Å². The highest BCUT2D eigenvalue weighted by Crippen LogP contribution is 2.26. The standard InChI is InChI=1S/C16H18N8O/c1-4-10-7-17-13-12(10)14(19-9-18-13)23(3)8-11-20-21-15-16(25)22(2)5-6-24(11)15/h5-7,9H,4,8H2,1-3H3,(H,17,18,19). The summed E-state index contributed by atoms with van der Waals surface area (Å²) in [7, 11) is 3.63. The molecule has 0 aliphatic heterocycles. The van der Waals surface area contributed by atoms with Crippen molar-refractivity contribution in [2.24, 2.45) is 7.05 Å². The van der Waals surface area contributed by atoms with E-state index in [-0.39, 0.29) is 5.56 Å². The Kier molecular flexibility index (Phi) is 3.48. The van der Waals surface area contributed by atoms with Gasteiger partial charge in [0.05, 0.1) is 11.9 Å². The second-order valence-electron chi connectivity index (χ2n) is 5.97. The fourth-order valence-corrected chi connectivity index (χ4v) is 2.99. The minimum atomic E-state index is -0.174. The van der Waals surface area contributed by atoms with E-state index in [1.54, 1.807) is 30.2 Å². The fraction of sp³-hybridized carbons (Fsp3) is 0.312. The number of H-pyrrole nitrogens is 1. The quantitative estimate of drug-likeness (QED) is 0.594. The summed E-state index contributed by atoms with van der Waals surface area (Å²) in [6.45, 7) is 2.57. The molecule has 0 saturated carbocycles. The first kappa shape index (κ1) is 15.3. The van der Waals surface area contributed by atoms with E-state index >= 15 is 0 Å². The molecule has 128 valence electrons. The van der Waals surface area contributed by atoms with Crippen molar-refractivity contribution in [2.75, 3.05) is 11.9 Å². The van der Waals surface area contributed by atoms with Gasteiger partial charge in [0, 0.05) is 32.7 Å². The number of hydrogen-bond donors (Lipinski definition) is 1. The van der Waals surface area contributed by atoms with Crippen LogP contribution in [0.4, 0.5) is 5.82 Å². The molecule has 1 N–H and O–H groups in total. The van der Waals surface area contributed by atoms with E-state index in [1.807, 2.05) is 18.1 Å². The first-order chi connectivity index (χ1) is 12.1. The molecule has 4 rings (SSSR count). The number of anilines is 1. The Morgan fingerprint density at radius 1 is 1.24 bits per heavy atom. The van der Waals surface area contributed by atoms with Crippen molar-refractivity contribution in [1.82, 2.24) is 34.1 Å². The highest BCUT2D eigenvalue weighted by Gasteiger charge is 2.16. The molecule has 4 aromatic rings. The number of aromatic nitrogens is 7. The first-order valence-corrected chi connectivity index (χ1v) is 8.01. The molecule has 0 radical (unpaired) electrons. The zero-order valence-corrected chi connectivity index (χ0v) is 14.3. The van der Waals surface area contributed by atoms with Gasteiger partial charge >= 0.3 is 0 Å². The van der Waals surface area contributed by atoms with Gasteiger partial charge in [-0.15, -0.1) is 10.2 Å². The van der Waals surface area contributed by atoms with Crippen LogP contribution in [-0.4, -0.2) is 41.2 Å². The maximum atomic E-state index is 12.1. The van der Waals surface area contributed by atoms with Crippen molar-refractivity contribution < 1.29 is 0 Å². The van der Waals surface area contributed by atoms with Crippen LogP contribution in [0.3, 0.4) is 0 Å². The van der Waals surface area contributed by atoms with Crippen LogP contribution in [0.25, 0.3) is 16.7 Å². The van der Waals surface area contributed by atoms with Crippen molar-refractivity contribution in [3.63, 3.8) is 0 Å². The lowest BCUT2D eigenvalue weighted by atomic mass is 10.2. The molecule has 0 aliphatic carbocycles. The largest absolute Gasteiger partial charge is 0.351 e. The van der Waals surface area contributed by atoms with E-state index in [2.05, 4.69) is 32.1 Å². The highest BCUT2D eigenvalue weighted by atomic mass is 16.1. The predicted octanol–water partition coefficient (Wildman–Crippen LogP) is 0.898. The Labute approximate surface area is 143 Å². The van der Waals surface area contributed by atoms with Crippen molar-refractivity contribution in [3.05, 3.63) is 46.7 Å². The van der Waals surface area contributed by atoms with Gasteiger partial charge in [-0.3, -0.25) is 9.20 Å². The van der Waals surface area contributed by atoms with Crippen LogP contribution in [0, 0.1) is 0 Å². The van der Waals surface area contributed by atoms with Crippen LogP contribution in [0.1, 0.15) is 18.3 Å². The van der Waals surface area contributed by atoms with E-state index < -0.39 is 0 Å². The lowest BCUT2D eigenvalue weighted by molar-refractivity contribution is 0.796. The van der Waals surface area contributed by atoms with E-state index in [1.165, 1.54) is 4.57 Å². The minimum absolute atomic E-state index is 0.174. The van der Waals surface area contributed by atoms with E-state index in [9.17, 15) is 4.79 Å². The third kappa shape index (κ3) is 2.35. The van der Waals surface area contributed by atoms with Gasteiger partial charge in [-0.25, -0.2) is 9.97 Å². The van der Waals surface area contributed by atoms with Gasteiger partial charge in [0.2, 0.25) is 5.65 Å². The summed E-state index contributed by atoms with van der Waals surface area (Å²) in [6.07, 6.45) is 7.89. The lowest BCUT2D eigenvalue weighted by Crippen LogP contribution is -2.22. The summed E-state index contributed by atoms with van der Waals surface area (Å²) in [5, 5.41) is 9.22. The Hall–Kier alpha value is -3.23. The normalized spacial score (nSPS) is 11.5. The van der Waals surface area contributed by atoms with Gasteiger partial charge in [0.15, 0.2) is 5.82 Å². The molecule has 25 heavy (non-hydrogen) atoms. The summed E-state index contributed by atoms with van der Waals surface area (Å²) in [6, 6.07) is 0. The van der Waals surface area contributed by atoms with Crippen LogP contribution in [0.2, 0.25) is 0 Å². The maximum Gasteiger partial charge on any atom is 0.295 e. The first-order valence-electron chi connectivity index (χ1n) is 8.01. The second-order valence-corrected chi connectivity index (χ2v) is 5.97. The topological polar surface area (TPSA) is 97.0 Å². The van der Waals surface area contributed by atoms with Crippen molar-refractivity contribution in [1.29, 1.82) is 0 Å². The van der Waals surface area contributed by atoms with Gasteiger partial charge in [0.25, 0.3) is 5.56 Å². The molecule has 4 aromatic heterocycles. The summed E-state index contributed by atoms with van der Waals surface area (Å²) in [4.78, 5) is 26.0. The van der Waals surface area contributed by atoms with E-state index in [4.69, 9.17) is 0 Å². The minimum Gasteiger partial charge on any atom is -0.351 e. The molecule has 0 aromatic carbocycles. The van der Waals surface area contributed by atoms with Gasteiger partial charge < -0.3 is 14.5 Å². The Morgan fingerprint density at radius 3 is 2.88 bits per heavy atom. The average Bonchev–Trinajstić information content (AvgIpc) is 3.22. The molecule has 4 heterocycles. The molecule has 0 unspecified atom stereocenters. The Morgan fingerprint density at radius 2 is 2.08 bits per heavy atom. The summed E-state index contributed by atoms with van der Waals surface area (Å²) >= 11 is 0. The number of fused-ring (bicyclic) bond motifs is 2. The Balaban J connectivity index is 1.76. The fourth-order valence-electron chi connectivity index (χ4n) is 2.99. The molecule has 9 heteroatoms. The summed E-state index contributed by atoms with van der Waals surface area (Å²) in [5.41, 5.74) is 2.12. The van der Waals surface area contributed by atoms with Gasteiger partial charge in [-0.05, 0) is 12.0 Å². The Bertz CT molecular complexity index is 1120. The molecule has 9 nitrogen and oxygen atoms in total. The predicted molar refractivity (Wildman–Crippen MR) is 93.6 cm³/mol. The third-order valence-electron chi connectivity index (χ3n) is 4.37. The average molecular weight is 338 g/mol. The number of aromatic amines is 1. The molecule has 0 aliphatic rings. The van der Waals surface area contributed by atoms with Gasteiger partial charge in [0.1, 0.15) is 17.8 Å². The molecule has 0 bridgehead atoms. The van der Waals surface area contributed by atoms with Crippen molar-refractivity contribution >= 4 is 22.5 Å². The SMILES string of the molecule is CCc1c[nH]c2ncnc(N(C)Cc3nnc4c(=O)n(C)ccn34)c12. The zero-order chi connectivity index (χ0) is 17.6. The van der Waals surface area contributed by atoms with Crippen LogP contribution < -0.4 is 10.5 Å². The smallest absolute Gasteiger partial charge is 0.295 e. The highest BCUT2D eigenvalue weighted by molar-refractivity contribution is 5.90. The molecule has 0 spiro atoms. The number of rotatable bonds is 4. The molecular formula is C16H18N8O. The van der Waals surface area contributed by atoms with Crippen LogP contribution in [-0.2, 0) is 20.0 Å². The maximum absolute atomic E-state index is 12.1. The third-order valence-corrected chi connectivity index (χ3v) is 4.37. The molecule has 0 saturated heterocycles. The number of nitrogens with one attached hydrogen (secondary N) is 1. The molecule has 0 amide bonds. The zero-order valence-electron chi connectivity index (χ0n) is 14.3. The van der Waals surface area contributed by atoms with Gasteiger partial charge in [-0.2, -0.15) is 0 Å². The van der Waals surface area contributed by atoms with E-state index in [0.717, 1.165) is 28.8 Å².